The molecular weight excluding hydrogens is 268 g/mol. The third-order valence-corrected chi connectivity index (χ3v) is 4.40. The number of pyridine rings is 1. The van der Waals surface area contributed by atoms with Crippen molar-refractivity contribution < 1.29 is 8.42 Å². The van der Waals surface area contributed by atoms with Crippen LogP contribution in [0.1, 0.15) is 0 Å². The quantitative estimate of drug-likeness (QED) is 0.875. The van der Waals surface area contributed by atoms with Gasteiger partial charge < -0.3 is 0 Å². The number of hydrogen-bond acceptors (Lipinski definition) is 4. The van der Waals surface area contributed by atoms with Crippen molar-refractivity contribution in [3.8, 4) is 0 Å². The second-order valence-corrected chi connectivity index (χ2v) is 6.08. The summed E-state index contributed by atoms with van der Waals surface area (Å²) >= 11 is 1.60. The number of thioether (sulfide) groups is 1. The minimum absolute atomic E-state index is 0.152. The van der Waals surface area contributed by atoms with Gasteiger partial charge in [-0.15, -0.1) is 11.8 Å². The zero-order chi connectivity index (χ0) is 13.0. The molecule has 0 bridgehead atoms. The van der Waals surface area contributed by atoms with Gasteiger partial charge in [0.15, 0.2) is 0 Å². The first kappa shape index (κ1) is 12.9. The summed E-state index contributed by atoms with van der Waals surface area (Å²) in [5, 5.41) is 0. The Labute approximate surface area is 111 Å². The van der Waals surface area contributed by atoms with Gasteiger partial charge in [-0.2, -0.15) is 0 Å². The Morgan fingerprint density at radius 1 is 1.17 bits per heavy atom. The molecule has 0 amide bonds. The van der Waals surface area contributed by atoms with E-state index in [1.54, 1.807) is 30.0 Å². The van der Waals surface area contributed by atoms with Crippen LogP contribution >= 0.6 is 11.8 Å². The SMILES string of the molecule is CSc1ccc(NS(=O)(=O)c2cccnc2)cc1. The van der Waals surface area contributed by atoms with Gasteiger partial charge in [0.2, 0.25) is 0 Å². The van der Waals surface area contributed by atoms with Crippen LogP contribution in [-0.2, 0) is 10.0 Å². The molecule has 1 N–H and O–H groups in total. The van der Waals surface area contributed by atoms with E-state index >= 15 is 0 Å². The van der Waals surface area contributed by atoms with Crippen molar-refractivity contribution in [1.82, 2.24) is 4.98 Å². The molecule has 6 heteroatoms. The molecule has 94 valence electrons. The maximum atomic E-state index is 12.0. The van der Waals surface area contributed by atoms with Crippen molar-refractivity contribution in [2.24, 2.45) is 0 Å². The lowest BCUT2D eigenvalue weighted by Crippen LogP contribution is -2.12. The Bertz CT molecular complexity index is 610. The van der Waals surface area contributed by atoms with Crippen LogP contribution in [0.15, 0.2) is 58.6 Å². The molecule has 0 aliphatic heterocycles. The van der Waals surface area contributed by atoms with Gasteiger partial charge in [-0.1, -0.05) is 0 Å². The number of nitrogens with one attached hydrogen (secondary N) is 1. The van der Waals surface area contributed by atoms with Crippen LogP contribution in [0.3, 0.4) is 0 Å². The lowest BCUT2D eigenvalue weighted by Gasteiger charge is -2.07. The van der Waals surface area contributed by atoms with E-state index in [1.165, 1.54) is 18.5 Å². The van der Waals surface area contributed by atoms with Gasteiger partial charge in [0.1, 0.15) is 4.90 Å². The van der Waals surface area contributed by atoms with Crippen LogP contribution in [0.2, 0.25) is 0 Å². The van der Waals surface area contributed by atoms with Crippen LogP contribution in [-0.4, -0.2) is 19.7 Å². The molecule has 2 rings (SSSR count). The van der Waals surface area contributed by atoms with E-state index in [9.17, 15) is 8.42 Å². The summed E-state index contributed by atoms with van der Waals surface area (Å²) in [4.78, 5) is 5.03. The molecule has 0 spiro atoms. The molecule has 0 aliphatic rings. The molecule has 2 aromatic rings. The number of aromatic nitrogens is 1. The highest BCUT2D eigenvalue weighted by atomic mass is 32.2. The van der Waals surface area contributed by atoms with Crippen LogP contribution in [0.4, 0.5) is 5.69 Å². The summed E-state index contributed by atoms with van der Waals surface area (Å²) in [7, 11) is -3.55. The molecular formula is C12H12N2O2S2. The van der Waals surface area contributed by atoms with Gasteiger partial charge in [0.25, 0.3) is 10.0 Å². The van der Waals surface area contributed by atoms with Crippen LogP contribution in [0.25, 0.3) is 0 Å². The average Bonchev–Trinajstić information content (AvgIpc) is 2.40. The van der Waals surface area contributed by atoms with Crippen molar-refractivity contribution in [3.05, 3.63) is 48.8 Å². The largest absolute Gasteiger partial charge is 0.280 e. The predicted molar refractivity (Wildman–Crippen MR) is 73.3 cm³/mol. The minimum atomic E-state index is -3.55. The Kier molecular flexibility index (Phi) is 3.88. The summed E-state index contributed by atoms with van der Waals surface area (Å²) in [6.07, 6.45) is 4.82. The molecule has 0 fully saturated rings. The van der Waals surface area contributed by atoms with Crippen molar-refractivity contribution in [3.63, 3.8) is 0 Å². The summed E-state index contributed by atoms with van der Waals surface area (Å²) in [5.41, 5.74) is 0.539. The van der Waals surface area contributed by atoms with Crippen molar-refractivity contribution in [2.75, 3.05) is 11.0 Å². The molecule has 4 nitrogen and oxygen atoms in total. The summed E-state index contributed by atoms with van der Waals surface area (Å²) in [5.74, 6) is 0. The standard InChI is InChI=1S/C12H12N2O2S2/c1-17-11-6-4-10(5-7-11)14-18(15,16)12-3-2-8-13-9-12/h2-9,14H,1H3. The maximum Gasteiger partial charge on any atom is 0.263 e. The van der Waals surface area contributed by atoms with E-state index < -0.39 is 10.0 Å². The van der Waals surface area contributed by atoms with E-state index in [0.717, 1.165) is 4.90 Å². The average molecular weight is 280 g/mol. The van der Waals surface area contributed by atoms with Gasteiger partial charge in [0, 0.05) is 23.0 Å². The monoisotopic (exact) mass is 280 g/mol. The first-order valence-electron chi connectivity index (χ1n) is 5.19. The normalized spacial score (nSPS) is 11.2. The zero-order valence-electron chi connectivity index (χ0n) is 9.70. The molecule has 18 heavy (non-hydrogen) atoms. The molecule has 0 radical (unpaired) electrons. The van der Waals surface area contributed by atoms with E-state index in [4.69, 9.17) is 0 Å². The van der Waals surface area contributed by atoms with Gasteiger partial charge in [-0.25, -0.2) is 8.42 Å². The van der Waals surface area contributed by atoms with Gasteiger partial charge in [-0.3, -0.25) is 9.71 Å². The first-order chi connectivity index (χ1) is 8.62. The fourth-order valence-corrected chi connectivity index (χ4v) is 2.81. The number of anilines is 1. The summed E-state index contributed by atoms with van der Waals surface area (Å²) < 4.78 is 26.5. The third-order valence-electron chi connectivity index (χ3n) is 2.29. The van der Waals surface area contributed by atoms with Crippen LogP contribution in [0, 0.1) is 0 Å². The highest BCUT2D eigenvalue weighted by Gasteiger charge is 2.13. The molecule has 0 unspecified atom stereocenters. The molecule has 1 aromatic heterocycles. The number of nitrogens with zero attached hydrogens (tertiary/aromatic N) is 1. The zero-order valence-corrected chi connectivity index (χ0v) is 11.3. The Hall–Kier alpha value is -1.53. The lowest BCUT2D eigenvalue weighted by atomic mass is 10.3. The smallest absolute Gasteiger partial charge is 0.263 e. The van der Waals surface area contributed by atoms with Crippen LogP contribution < -0.4 is 4.72 Å². The molecule has 0 saturated carbocycles. The van der Waals surface area contributed by atoms with E-state index in [0.29, 0.717) is 5.69 Å². The Morgan fingerprint density at radius 2 is 1.89 bits per heavy atom. The second-order valence-electron chi connectivity index (χ2n) is 3.52. The summed E-state index contributed by atoms with van der Waals surface area (Å²) in [6, 6.07) is 10.3. The fourth-order valence-electron chi connectivity index (χ4n) is 1.38. The highest BCUT2D eigenvalue weighted by molar-refractivity contribution is 7.98. The molecule has 0 saturated heterocycles. The minimum Gasteiger partial charge on any atom is -0.280 e. The van der Waals surface area contributed by atoms with E-state index in [1.807, 2.05) is 18.4 Å². The molecule has 0 atom stereocenters. The topological polar surface area (TPSA) is 59.1 Å². The third kappa shape index (κ3) is 3.02. The number of hydrogen-bond donors (Lipinski definition) is 1. The fraction of sp³-hybridized carbons (Fsp3) is 0.0833. The number of sulfonamides is 1. The van der Waals surface area contributed by atoms with Gasteiger partial charge in [-0.05, 0) is 42.7 Å². The van der Waals surface area contributed by atoms with Crippen LogP contribution in [0.5, 0.6) is 0 Å². The molecule has 0 aliphatic carbocycles. The number of rotatable bonds is 4. The van der Waals surface area contributed by atoms with Crippen molar-refractivity contribution >= 4 is 27.5 Å². The molecule has 1 aromatic carbocycles. The lowest BCUT2D eigenvalue weighted by molar-refractivity contribution is 0.601. The second kappa shape index (κ2) is 5.41. The van der Waals surface area contributed by atoms with Crippen molar-refractivity contribution in [2.45, 2.75) is 9.79 Å². The van der Waals surface area contributed by atoms with E-state index in [2.05, 4.69) is 9.71 Å². The number of benzene rings is 1. The van der Waals surface area contributed by atoms with Gasteiger partial charge in [0.05, 0.1) is 0 Å². The molecule has 1 heterocycles. The maximum absolute atomic E-state index is 12.0. The van der Waals surface area contributed by atoms with Gasteiger partial charge >= 0.3 is 0 Å². The Balaban J connectivity index is 2.22. The highest BCUT2D eigenvalue weighted by Crippen LogP contribution is 2.19. The van der Waals surface area contributed by atoms with E-state index in [-0.39, 0.29) is 4.90 Å². The van der Waals surface area contributed by atoms with Crippen molar-refractivity contribution in [1.29, 1.82) is 0 Å². The predicted octanol–water partition coefficient (Wildman–Crippen LogP) is 2.60. The first-order valence-corrected chi connectivity index (χ1v) is 7.89. The summed E-state index contributed by atoms with van der Waals surface area (Å²) in [6.45, 7) is 0. The Morgan fingerprint density at radius 3 is 2.44 bits per heavy atom.